The lowest BCUT2D eigenvalue weighted by atomic mass is 10.2. The molecular weight excluding hydrogens is 497 g/mol. The molecule has 0 fully saturated rings. The van der Waals surface area contributed by atoms with Gasteiger partial charge in [-0.25, -0.2) is 5.43 Å². The Morgan fingerprint density at radius 2 is 1.97 bits per heavy atom. The average Bonchev–Trinajstić information content (AvgIpc) is 2.71. The molecule has 2 aromatic carbocycles. The minimum Gasteiger partial charge on any atom is -0.488 e. The van der Waals surface area contributed by atoms with Gasteiger partial charge in [-0.3, -0.25) is 9.59 Å². The van der Waals surface area contributed by atoms with Gasteiger partial charge in [0.05, 0.1) is 6.21 Å². The van der Waals surface area contributed by atoms with Crippen LogP contribution in [-0.4, -0.2) is 38.3 Å². The van der Waals surface area contributed by atoms with Crippen LogP contribution in [0.1, 0.15) is 17.5 Å². The van der Waals surface area contributed by atoms with Crippen molar-refractivity contribution in [2.45, 2.75) is 13.0 Å². The Balaban J connectivity index is 1.97. The smallest absolute Gasteiger partial charge is 0.329 e. The molecule has 0 aromatic heterocycles. The first-order valence-corrected chi connectivity index (χ1v) is 10.4. The molecule has 10 heteroatoms. The molecule has 0 aliphatic carbocycles. The third-order valence-corrected chi connectivity index (χ3v) is 4.84. The zero-order valence-electron chi connectivity index (χ0n) is 16.1. The van der Waals surface area contributed by atoms with Gasteiger partial charge in [-0.05, 0) is 36.8 Å². The van der Waals surface area contributed by atoms with Gasteiger partial charge in [0.2, 0.25) is 0 Å². The van der Waals surface area contributed by atoms with E-state index < -0.39 is 11.8 Å². The minimum atomic E-state index is -0.867. The molecule has 0 saturated heterocycles. The Morgan fingerprint density at radius 3 is 2.70 bits per heavy atom. The van der Waals surface area contributed by atoms with E-state index in [-0.39, 0.29) is 6.61 Å². The van der Waals surface area contributed by atoms with Crippen molar-refractivity contribution in [1.82, 2.24) is 10.7 Å². The number of hydrogen-bond donors (Lipinski definition) is 2. The maximum Gasteiger partial charge on any atom is 0.329 e. The summed E-state index contributed by atoms with van der Waals surface area (Å²) < 4.78 is 11.5. The summed E-state index contributed by atoms with van der Waals surface area (Å²) in [6, 6.07) is 10.5. The summed E-state index contributed by atoms with van der Waals surface area (Å²) in [5, 5.41) is 7.35. The summed E-state index contributed by atoms with van der Waals surface area (Å²) in [6.45, 7) is 1.04. The zero-order valence-corrected chi connectivity index (χ0v) is 19.2. The van der Waals surface area contributed by atoms with E-state index in [2.05, 4.69) is 31.8 Å². The number of ether oxygens (including phenoxy) is 2. The molecule has 0 atom stereocenters. The molecule has 0 heterocycles. The van der Waals surface area contributed by atoms with E-state index >= 15 is 0 Å². The SMILES string of the molecule is COCCCNC(=O)C(=O)N/N=C\c1cc(Br)ccc1OCc1ccc(Cl)cc1Cl. The second-order valence-electron chi connectivity index (χ2n) is 6.01. The number of hydrazone groups is 1. The van der Waals surface area contributed by atoms with Crippen LogP contribution in [0.3, 0.4) is 0 Å². The Bertz CT molecular complexity index is 925. The topological polar surface area (TPSA) is 89.0 Å². The van der Waals surface area contributed by atoms with Crippen LogP contribution in [-0.2, 0) is 20.9 Å². The quantitative estimate of drug-likeness (QED) is 0.229. The molecule has 0 unspecified atom stereocenters. The first kappa shape index (κ1) is 24.1. The maximum atomic E-state index is 11.8. The van der Waals surface area contributed by atoms with Gasteiger partial charge in [0.15, 0.2) is 0 Å². The molecule has 160 valence electrons. The van der Waals surface area contributed by atoms with Crippen molar-refractivity contribution in [2.75, 3.05) is 20.3 Å². The van der Waals surface area contributed by atoms with Gasteiger partial charge in [0.25, 0.3) is 0 Å². The van der Waals surface area contributed by atoms with Crippen molar-refractivity contribution < 1.29 is 19.1 Å². The Morgan fingerprint density at radius 1 is 1.17 bits per heavy atom. The fourth-order valence-electron chi connectivity index (χ4n) is 2.26. The average molecular weight is 517 g/mol. The third-order valence-electron chi connectivity index (χ3n) is 3.76. The number of carbonyl (C=O) groups is 2. The highest BCUT2D eigenvalue weighted by Crippen LogP contribution is 2.25. The highest BCUT2D eigenvalue weighted by Gasteiger charge is 2.12. The molecule has 2 aromatic rings. The van der Waals surface area contributed by atoms with Gasteiger partial charge < -0.3 is 14.8 Å². The highest BCUT2D eigenvalue weighted by atomic mass is 79.9. The lowest BCUT2D eigenvalue weighted by Crippen LogP contribution is -2.38. The van der Waals surface area contributed by atoms with E-state index in [9.17, 15) is 9.59 Å². The number of methoxy groups -OCH3 is 1. The van der Waals surface area contributed by atoms with Crippen LogP contribution in [0, 0.1) is 0 Å². The van der Waals surface area contributed by atoms with E-state index in [1.54, 1.807) is 37.4 Å². The number of nitrogens with one attached hydrogen (secondary N) is 2. The third kappa shape index (κ3) is 7.95. The first-order chi connectivity index (χ1) is 14.4. The molecule has 0 spiro atoms. The summed E-state index contributed by atoms with van der Waals surface area (Å²) >= 11 is 15.5. The van der Waals surface area contributed by atoms with Crippen LogP contribution >= 0.6 is 39.1 Å². The van der Waals surface area contributed by atoms with Crippen molar-refractivity contribution in [3.8, 4) is 5.75 Å². The van der Waals surface area contributed by atoms with E-state index in [1.807, 2.05) is 6.07 Å². The molecule has 7 nitrogen and oxygen atoms in total. The van der Waals surface area contributed by atoms with Gasteiger partial charge in [-0.15, -0.1) is 0 Å². The van der Waals surface area contributed by atoms with Crippen molar-refractivity contribution in [3.05, 3.63) is 62.0 Å². The standard InChI is InChI=1S/C20H20BrCl2N3O4/c1-29-8-2-7-24-19(27)20(28)26-25-11-14-9-15(21)4-6-18(14)30-12-13-3-5-16(22)10-17(13)23/h3-6,9-11H,2,7-8,12H2,1H3,(H,24,27)(H,26,28)/b25-11-. The summed E-state index contributed by atoms with van der Waals surface area (Å²) in [6.07, 6.45) is 1.99. The van der Waals surface area contributed by atoms with Gasteiger partial charge in [0.1, 0.15) is 12.4 Å². The fourth-order valence-corrected chi connectivity index (χ4v) is 3.10. The molecule has 0 radical (unpaired) electrons. The van der Waals surface area contributed by atoms with Gasteiger partial charge >= 0.3 is 11.8 Å². The molecular formula is C20H20BrCl2N3O4. The Hall–Kier alpha value is -2.13. The minimum absolute atomic E-state index is 0.217. The number of rotatable bonds is 9. The number of amides is 2. The largest absolute Gasteiger partial charge is 0.488 e. The molecule has 0 aliphatic heterocycles. The second-order valence-corrected chi connectivity index (χ2v) is 7.77. The lowest BCUT2D eigenvalue weighted by Gasteiger charge is -2.11. The van der Waals surface area contributed by atoms with Gasteiger partial charge in [-0.1, -0.05) is 45.2 Å². The molecule has 30 heavy (non-hydrogen) atoms. The molecule has 0 saturated carbocycles. The zero-order chi connectivity index (χ0) is 21.9. The second kappa shape index (κ2) is 12.5. The number of halogens is 3. The van der Waals surface area contributed by atoms with E-state index in [4.69, 9.17) is 32.7 Å². The van der Waals surface area contributed by atoms with Crippen molar-refractivity contribution in [2.24, 2.45) is 5.10 Å². The van der Waals surface area contributed by atoms with Gasteiger partial charge in [0, 0.05) is 45.9 Å². The molecule has 0 aliphatic rings. The van der Waals surface area contributed by atoms with Crippen LogP contribution in [0.2, 0.25) is 10.0 Å². The van der Waals surface area contributed by atoms with Crippen molar-refractivity contribution >= 4 is 57.2 Å². The van der Waals surface area contributed by atoms with E-state index in [0.29, 0.717) is 40.9 Å². The monoisotopic (exact) mass is 515 g/mol. The van der Waals surface area contributed by atoms with Gasteiger partial charge in [-0.2, -0.15) is 5.10 Å². The predicted molar refractivity (Wildman–Crippen MR) is 120 cm³/mol. The summed E-state index contributed by atoms with van der Waals surface area (Å²) in [5.74, 6) is -1.12. The van der Waals surface area contributed by atoms with Crippen LogP contribution in [0.25, 0.3) is 0 Å². The predicted octanol–water partition coefficient (Wildman–Crippen LogP) is 3.94. The van der Waals surface area contributed by atoms with Crippen molar-refractivity contribution in [3.63, 3.8) is 0 Å². The molecule has 0 bridgehead atoms. The lowest BCUT2D eigenvalue weighted by molar-refractivity contribution is -0.139. The Labute approximate surface area is 192 Å². The normalized spacial score (nSPS) is 10.8. The van der Waals surface area contributed by atoms with Crippen LogP contribution in [0.15, 0.2) is 46.0 Å². The maximum absolute atomic E-state index is 11.8. The molecule has 2 N–H and O–H groups in total. The van der Waals surface area contributed by atoms with Crippen LogP contribution in [0.4, 0.5) is 0 Å². The Kier molecular flexibility index (Phi) is 10.1. The first-order valence-electron chi connectivity index (χ1n) is 8.87. The number of nitrogens with zero attached hydrogens (tertiary/aromatic N) is 1. The summed E-state index contributed by atoms with van der Waals surface area (Å²) in [4.78, 5) is 23.5. The summed E-state index contributed by atoms with van der Waals surface area (Å²) in [7, 11) is 1.56. The van der Waals surface area contributed by atoms with E-state index in [0.717, 1.165) is 10.0 Å². The van der Waals surface area contributed by atoms with Crippen molar-refractivity contribution in [1.29, 1.82) is 0 Å². The number of carbonyl (C=O) groups excluding carboxylic acids is 2. The number of benzene rings is 2. The highest BCUT2D eigenvalue weighted by molar-refractivity contribution is 9.10. The molecule has 2 rings (SSSR count). The molecule has 2 amide bonds. The van der Waals surface area contributed by atoms with Crippen LogP contribution in [0.5, 0.6) is 5.75 Å². The van der Waals surface area contributed by atoms with E-state index in [1.165, 1.54) is 6.21 Å². The summed E-state index contributed by atoms with van der Waals surface area (Å²) in [5.41, 5.74) is 3.55. The van der Waals surface area contributed by atoms with Crippen LogP contribution < -0.4 is 15.5 Å². The fraction of sp³-hybridized carbons (Fsp3) is 0.250. The number of hydrogen-bond acceptors (Lipinski definition) is 5.